The zero-order chi connectivity index (χ0) is 13.0. The van der Waals surface area contributed by atoms with Crippen LogP contribution in [0, 0.1) is 0 Å². The third-order valence-corrected chi connectivity index (χ3v) is 3.97. The number of hydrogen-bond acceptors (Lipinski definition) is 5. The summed E-state index contributed by atoms with van der Waals surface area (Å²) in [4.78, 5) is 14.0. The standard InChI is InChI=1S/C12H19N3O2S/c1-14-12(16)11-7-17-4-3-15(11)10(6-13)9-2-5-18-8-9/h2,5,8,10-11H,3-4,6-7,13H2,1H3,(H,14,16). The van der Waals surface area contributed by atoms with Crippen molar-refractivity contribution in [2.24, 2.45) is 5.73 Å². The van der Waals surface area contributed by atoms with Crippen molar-refractivity contribution in [2.75, 3.05) is 33.4 Å². The fraction of sp³-hybridized carbons (Fsp3) is 0.583. The average Bonchev–Trinajstić information content (AvgIpc) is 2.93. The van der Waals surface area contributed by atoms with E-state index in [4.69, 9.17) is 10.5 Å². The van der Waals surface area contributed by atoms with Crippen molar-refractivity contribution in [1.82, 2.24) is 10.2 Å². The molecule has 0 spiro atoms. The third-order valence-electron chi connectivity index (χ3n) is 3.27. The predicted molar refractivity (Wildman–Crippen MR) is 71.5 cm³/mol. The number of amides is 1. The Bertz CT molecular complexity index is 383. The molecule has 2 rings (SSSR count). The maximum atomic E-state index is 11.9. The number of thiophene rings is 1. The van der Waals surface area contributed by atoms with Crippen LogP contribution >= 0.6 is 11.3 Å². The summed E-state index contributed by atoms with van der Waals surface area (Å²) in [6, 6.07) is 1.90. The second kappa shape index (κ2) is 6.29. The molecule has 2 heterocycles. The predicted octanol–water partition coefficient (Wildman–Crippen LogP) is 0.195. The number of nitrogens with two attached hydrogens (primary N) is 1. The highest BCUT2D eigenvalue weighted by molar-refractivity contribution is 7.07. The molecule has 100 valence electrons. The molecular weight excluding hydrogens is 250 g/mol. The van der Waals surface area contributed by atoms with Gasteiger partial charge in [0.15, 0.2) is 0 Å². The van der Waals surface area contributed by atoms with Gasteiger partial charge in [-0.2, -0.15) is 11.3 Å². The van der Waals surface area contributed by atoms with E-state index in [0.717, 1.165) is 6.54 Å². The third kappa shape index (κ3) is 2.72. The highest BCUT2D eigenvalue weighted by atomic mass is 32.1. The first kappa shape index (κ1) is 13.5. The fourth-order valence-corrected chi connectivity index (χ4v) is 3.02. The SMILES string of the molecule is CNC(=O)C1COCCN1C(CN)c1ccsc1. The van der Waals surface area contributed by atoms with Gasteiger partial charge in [0, 0.05) is 26.2 Å². The van der Waals surface area contributed by atoms with Crippen molar-refractivity contribution in [2.45, 2.75) is 12.1 Å². The lowest BCUT2D eigenvalue weighted by molar-refractivity contribution is -0.134. The molecule has 1 aromatic heterocycles. The number of morpholine rings is 1. The lowest BCUT2D eigenvalue weighted by Crippen LogP contribution is -2.55. The largest absolute Gasteiger partial charge is 0.378 e. The van der Waals surface area contributed by atoms with Crippen molar-refractivity contribution in [3.05, 3.63) is 22.4 Å². The maximum Gasteiger partial charge on any atom is 0.239 e. The summed E-state index contributed by atoms with van der Waals surface area (Å²) in [7, 11) is 1.65. The molecule has 5 nitrogen and oxygen atoms in total. The number of hydrogen-bond donors (Lipinski definition) is 2. The number of carbonyl (C=O) groups excluding carboxylic acids is 1. The van der Waals surface area contributed by atoms with Crippen LogP contribution in [0.25, 0.3) is 0 Å². The van der Waals surface area contributed by atoms with Gasteiger partial charge < -0.3 is 15.8 Å². The molecule has 0 saturated carbocycles. The summed E-state index contributed by atoms with van der Waals surface area (Å²) in [5.74, 6) is -0.0108. The van der Waals surface area contributed by atoms with Gasteiger partial charge in [0.1, 0.15) is 6.04 Å². The van der Waals surface area contributed by atoms with Crippen LogP contribution in [0.1, 0.15) is 11.6 Å². The minimum Gasteiger partial charge on any atom is -0.378 e. The summed E-state index contributed by atoms with van der Waals surface area (Å²) in [6.45, 7) is 2.31. The van der Waals surface area contributed by atoms with Gasteiger partial charge in [-0.05, 0) is 22.4 Å². The molecule has 1 fully saturated rings. The van der Waals surface area contributed by atoms with E-state index in [1.165, 1.54) is 5.56 Å². The number of likely N-dealkylation sites (N-methyl/N-ethyl adjacent to an activating group) is 1. The van der Waals surface area contributed by atoms with Crippen LogP contribution in [0.3, 0.4) is 0 Å². The summed E-state index contributed by atoms with van der Waals surface area (Å²) in [5, 5.41) is 6.82. The minimum absolute atomic E-state index is 0.0108. The van der Waals surface area contributed by atoms with Crippen LogP contribution in [0.2, 0.25) is 0 Å². The molecule has 2 unspecified atom stereocenters. The van der Waals surface area contributed by atoms with E-state index < -0.39 is 0 Å². The number of ether oxygens (including phenoxy) is 1. The molecule has 18 heavy (non-hydrogen) atoms. The zero-order valence-corrected chi connectivity index (χ0v) is 11.3. The van der Waals surface area contributed by atoms with E-state index in [1.54, 1.807) is 18.4 Å². The molecule has 0 bridgehead atoms. The van der Waals surface area contributed by atoms with Crippen molar-refractivity contribution >= 4 is 17.2 Å². The summed E-state index contributed by atoms with van der Waals surface area (Å²) < 4.78 is 5.41. The van der Waals surface area contributed by atoms with E-state index in [0.29, 0.717) is 19.8 Å². The van der Waals surface area contributed by atoms with Crippen LogP contribution in [0.5, 0.6) is 0 Å². The quantitative estimate of drug-likeness (QED) is 0.819. The second-order valence-corrected chi connectivity index (χ2v) is 5.03. The lowest BCUT2D eigenvalue weighted by Gasteiger charge is -2.39. The first-order chi connectivity index (χ1) is 8.77. The van der Waals surface area contributed by atoms with Crippen molar-refractivity contribution in [3.63, 3.8) is 0 Å². The Labute approximate surface area is 111 Å². The van der Waals surface area contributed by atoms with Crippen LogP contribution in [-0.4, -0.2) is 50.2 Å². The second-order valence-electron chi connectivity index (χ2n) is 4.25. The Morgan fingerprint density at radius 3 is 3.22 bits per heavy atom. The maximum absolute atomic E-state index is 11.9. The van der Waals surface area contributed by atoms with Crippen molar-refractivity contribution in [3.8, 4) is 0 Å². The van der Waals surface area contributed by atoms with E-state index in [-0.39, 0.29) is 18.0 Å². The number of rotatable bonds is 4. The molecule has 6 heteroatoms. The fourth-order valence-electron chi connectivity index (χ4n) is 2.31. The summed E-state index contributed by atoms with van der Waals surface area (Å²) in [5.41, 5.74) is 7.07. The van der Waals surface area contributed by atoms with Gasteiger partial charge in [-0.25, -0.2) is 0 Å². The van der Waals surface area contributed by atoms with E-state index in [9.17, 15) is 4.79 Å². The van der Waals surface area contributed by atoms with E-state index >= 15 is 0 Å². The monoisotopic (exact) mass is 269 g/mol. The van der Waals surface area contributed by atoms with E-state index in [1.807, 2.05) is 5.38 Å². The number of nitrogens with zero attached hydrogens (tertiary/aromatic N) is 1. The van der Waals surface area contributed by atoms with Crippen LogP contribution in [0.15, 0.2) is 16.8 Å². The smallest absolute Gasteiger partial charge is 0.239 e. The zero-order valence-electron chi connectivity index (χ0n) is 10.5. The molecule has 0 aliphatic carbocycles. The Balaban J connectivity index is 2.19. The molecule has 1 saturated heterocycles. The average molecular weight is 269 g/mol. The Hall–Kier alpha value is -0.950. The van der Waals surface area contributed by atoms with Gasteiger partial charge in [0.05, 0.1) is 13.2 Å². The normalized spacial score (nSPS) is 22.7. The summed E-state index contributed by atoms with van der Waals surface area (Å²) in [6.07, 6.45) is 0. The topological polar surface area (TPSA) is 67.6 Å². The molecule has 3 N–H and O–H groups in total. The molecule has 1 aliphatic rings. The van der Waals surface area contributed by atoms with Crippen molar-refractivity contribution in [1.29, 1.82) is 0 Å². The summed E-state index contributed by atoms with van der Waals surface area (Å²) >= 11 is 1.65. The lowest BCUT2D eigenvalue weighted by atomic mass is 10.1. The van der Waals surface area contributed by atoms with Gasteiger partial charge >= 0.3 is 0 Å². The van der Waals surface area contributed by atoms with Crippen molar-refractivity contribution < 1.29 is 9.53 Å². The van der Waals surface area contributed by atoms with Gasteiger partial charge in [-0.15, -0.1) is 0 Å². The molecule has 2 atom stereocenters. The first-order valence-corrected chi connectivity index (χ1v) is 6.99. The molecule has 1 aromatic rings. The number of nitrogens with one attached hydrogen (secondary N) is 1. The van der Waals surface area contributed by atoms with Gasteiger partial charge in [-0.3, -0.25) is 9.69 Å². The molecule has 0 aromatic carbocycles. The highest BCUT2D eigenvalue weighted by Gasteiger charge is 2.33. The Kier molecular flexibility index (Phi) is 4.71. The first-order valence-electron chi connectivity index (χ1n) is 6.05. The minimum atomic E-state index is -0.253. The molecule has 1 amide bonds. The Morgan fingerprint density at radius 1 is 1.78 bits per heavy atom. The highest BCUT2D eigenvalue weighted by Crippen LogP contribution is 2.25. The van der Waals surface area contributed by atoms with Gasteiger partial charge in [-0.1, -0.05) is 0 Å². The Morgan fingerprint density at radius 2 is 2.61 bits per heavy atom. The molecular formula is C12H19N3O2S. The van der Waals surface area contributed by atoms with Gasteiger partial charge in [0.25, 0.3) is 0 Å². The van der Waals surface area contributed by atoms with Crippen LogP contribution in [0.4, 0.5) is 0 Å². The molecule has 0 radical (unpaired) electrons. The molecule has 1 aliphatic heterocycles. The van der Waals surface area contributed by atoms with Crippen LogP contribution in [-0.2, 0) is 9.53 Å². The van der Waals surface area contributed by atoms with Crippen LogP contribution < -0.4 is 11.1 Å². The number of carbonyl (C=O) groups is 1. The van der Waals surface area contributed by atoms with E-state index in [2.05, 4.69) is 21.7 Å². The van der Waals surface area contributed by atoms with Gasteiger partial charge in [0.2, 0.25) is 5.91 Å².